The second-order valence-electron chi connectivity index (χ2n) is 7.13. The molecule has 0 amide bonds. The van der Waals surface area contributed by atoms with Crippen LogP contribution in [0.1, 0.15) is 110 Å². The molecule has 0 aromatic heterocycles. The molecule has 0 radical (unpaired) electrons. The van der Waals surface area contributed by atoms with E-state index in [2.05, 4.69) is 6.92 Å². The summed E-state index contributed by atoms with van der Waals surface area (Å²) in [5.41, 5.74) is 0. The maximum absolute atomic E-state index is 11.0. The average Bonchev–Trinajstić information content (AvgIpc) is 2.63. The lowest BCUT2D eigenvalue weighted by Crippen LogP contribution is -2.17. The summed E-state index contributed by atoms with van der Waals surface area (Å²) in [5.74, 6) is 0. The fourth-order valence-electron chi connectivity index (χ4n) is 3.13. The molecule has 150 valence electrons. The molecule has 25 heavy (non-hydrogen) atoms. The Hall–Kier alpha value is -0.410. The summed E-state index contributed by atoms with van der Waals surface area (Å²) in [6, 6.07) is 0. The molecule has 0 aromatic carbocycles. The Kier molecular flexibility index (Phi) is 21.3. The number of hydrogen-bond donors (Lipinski definition) is 0. The van der Waals surface area contributed by atoms with Crippen LogP contribution in [0.2, 0.25) is 0 Å². The van der Waals surface area contributed by atoms with E-state index < -0.39 is 0 Å². The van der Waals surface area contributed by atoms with Crippen molar-refractivity contribution in [2.75, 3.05) is 19.8 Å². The maximum atomic E-state index is 11.0. The van der Waals surface area contributed by atoms with Crippen LogP contribution in [0.3, 0.4) is 0 Å². The van der Waals surface area contributed by atoms with E-state index in [1.807, 2.05) is 6.92 Å². The summed E-state index contributed by atoms with van der Waals surface area (Å²) in [4.78, 5) is 11.0. The number of carbonyl (C=O) groups excluding carboxylic acids is 1. The van der Waals surface area contributed by atoms with Crippen molar-refractivity contribution in [3.8, 4) is 0 Å². The molecular weight excluding hydrogens is 312 g/mol. The maximum Gasteiger partial charge on any atom is 0.148 e. The Morgan fingerprint density at radius 2 is 1.16 bits per heavy atom. The second kappa shape index (κ2) is 21.6. The van der Waals surface area contributed by atoms with Gasteiger partial charge in [-0.15, -0.1) is 0 Å². The minimum Gasteiger partial charge on any atom is -0.379 e. The van der Waals surface area contributed by atoms with Crippen LogP contribution in [-0.2, 0) is 14.3 Å². The van der Waals surface area contributed by atoms with E-state index in [0.717, 1.165) is 19.1 Å². The van der Waals surface area contributed by atoms with Gasteiger partial charge in [-0.1, -0.05) is 96.8 Å². The van der Waals surface area contributed by atoms with Gasteiger partial charge in [0.1, 0.15) is 12.4 Å². The summed E-state index contributed by atoms with van der Waals surface area (Å²) < 4.78 is 10.7. The van der Waals surface area contributed by atoms with E-state index in [1.54, 1.807) is 0 Å². The van der Waals surface area contributed by atoms with Gasteiger partial charge in [-0.05, 0) is 13.3 Å². The van der Waals surface area contributed by atoms with Crippen molar-refractivity contribution in [3.63, 3.8) is 0 Å². The highest BCUT2D eigenvalue weighted by molar-refractivity contribution is 5.55. The molecule has 0 aliphatic heterocycles. The van der Waals surface area contributed by atoms with Gasteiger partial charge in [0, 0.05) is 6.61 Å². The Morgan fingerprint density at radius 1 is 0.680 bits per heavy atom. The molecule has 0 rings (SSSR count). The van der Waals surface area contributed by atoms with Crippen LogP contribution in [0.5, 0.6) is 0 Å². The van der Waals surface area contributed by atoms with Gasteiger partial charge < -0.3 is 14.3 Å². The van der Waals surface area contributed by atoms with E-state index >= 15 is 0 Å². The van der Waals surface area contributed by atoms with Crippen LogP contribution in [0.25, 0.3) is 0 Å². The van der Waals surface area contributed by atoms with Crippen LogP contribution in [0.4, 0.5) is 0 Å². The molecule has 0 N–H and O–H groups in total. The van der Waals surface area contributed by atoms with Crippen molar-refractivity contribution in [3.05, 3.63) is 0 Å². The summed E-state index contributed by atoms with van der Waals surface area (Å²) in [7, 11) is 0. The molecular formula is C22H44O3. The van der Waals surface area contributed by atoms with E-state index in [4.69, 9.17) is 9.47 Å². The van der Waals surface area contributed by atoms with Gasteiger partial charge in [0.25, 0.3) is 0 Å². The molecule has 0 aromatic rings. The Bertz CT molecular complexity index is 256. The Labute approximate surface area is 157 Å². The predicted octanol–water partition coefficient (Wildman–Crippen LogP) is 6.48. The Morgan fingerprint density at radius 3 is 1.60 bits per heavy atom. The summed E-state index contributed by atoms with van der Waals surface area (Å²) in [6.07, 6.45) is 20.6. The number of unbranched alkanes of at least 4 members (excludes halogenated alkanes) is 13. The molecule has 0 saturated heterocycles. The fourth-order valence-corrected chi connectivity index (χ4v) is 3.13. The SMILES string of the molecule is CCCCCCCCCCCCCCCCC(C=O)OCCOCC. The largest absolute Gasteiger partial charge is 0.379 e. The summed E-state index contributed by atoms with van der Waals surface area (Å²) >= 11 is 0. The van der Waals surface area contributed by atoms with Crippen molar-refractivity contribution in [1.29, 1.82) is 0 Å². The fraction of sp³-hybridized carbons (Fsp3) is 0.955. The molecule has 0 aliphatic rings. The third-order valence-electron chi connectivity index (χ3n) is 4.76. The van der Waals surface area contributed by atoms with Crippen molar-refractivity contribution < 1.29 is 14.3 Å². The smallest absolute Gasteiger partial charge is 0.148 e. The predicted molar refractivity (Wildman–Crippen MR) is 107 cm³/mol. The van der Waals surface area contributed by atoms with Crippen molar-refractivity contribution >= 4 is 6.29 Å². The first-order chi connectivity index (χ1) is 12.3. The molecule has 1 atom stereocenters. The second-order valence-corrected chi connectivity index (χ2v) is 7.13. The zero-order chi connectivity index (χ0) is 18.4. The first kappa shape index (κ1) is 24.6. The van der Waals surface area contributed by atoms with E-state index in [1.165, 1.54) is 83.5 Å². The average molecular weight is 357 g/mol. The van der Waals surface area contributed by atoms with Crippen LogP contribution in [-0.4, -0.2) is 32.2 Å². The third kappa shape index (κ3) is 19.8. The van der Waals surface area contributed by atoms with E-state index in [0.29, 0.717) is 19.8 Å². The Balaban J connectivity index is 3.20. The van der Waals surface area contributed by atoms with Gasteiger partial charge in [0.2, 0.25) is 0 Å². The topological polar surface area (TPSA) is 35.5 Å². The van der Waals surface area contributed by atoms with Crippen LogP contribution < -0.4 is 0 Å². The lowest BCUT2D eigenvalue weighted by molar-refractivity contribution is -0.119. The van der Waals surface area contributed by atoms with E-state index in [-0.39, 0.29) is 6.10 Å². The number of ether oxygens (including phenoxy) is 2. The van der Waals surface area contributed by atoms with Gasteiger partial charge in [-0.2, -0.15) is 0 Å². The number of aldehydes is 1. The molecule has 0 aliphatic carbocycles. The lowest BCUT2D eigenvalue weighted by atomic mass is 10.0. The van der Waals surface area contributed by atoms with Crippen molar-refractivity contribution in [1.82, 2.24) is 0 Å². The van der Waals surface area contributed by atoms with Gasteiger partial charge in [0.05, 0.1) is 13.2 Å². The number of carbonyl (C=O) groups is 1. The molecule has 0 saturated carbocycles. The highest BCUT2D eigenvalue weighted by Gasteiger charge is 2.06. The van der Waals surface area contributed by atoms with Crippen LogP contribution >= 0.6 is 0 Å². The van der Waals surface area contributed by atoms with Gasteiger partial charge in [0.15, 0.2) is 0 Å². The number of rotatable bonds is 21. The van der Waals surface area contributed by atoms with Crippen LogP contribution in [0.15, 0.2) is 0 Å². The highest BCUT2D eigenvalue weighted by Crippen LogP contribution is 2.14. The first-order valence-electron chi connectivity index (χ1n) is 11.0. The molecule has 0 bridgehead atoms. The standard InChI is InChI=1S/C22H44O3/c1-3-5-6-7-8-9-10-11-12-13-14-15-16-17-18-22(21-23)25-20-19-24-4-2/h21-22H,3-20H2,1-2H3. The molecule has 0 spiro atoms. The van der Waals surface area contributed by atoms with Gasteiger partial charge in [-0.3, -0.25) is 0 Å². The normalized spacial score (nSPS) is 12.4. The minimum atomic E-state index is -0.238. The zero-order valence-corrected chi connectivity index (χ0v) is 17.1. The van der Waals surface area contributed by atoms with Gasteiger partial charge in [-0.25, -0.2) is 0 Å². The summed E-state index contributed by atoms with van der Waals surface area (Å²) in [6.45, 7) is 6.05. The summed E-state index contributed by atoms with van der Waals surface area (Å²) in [5, 5.41) is 0. The molecule has 0 fully saturated rings. The van der Waals surface area contributed by atoms with Gasteiger partial charge >= 0.3 is 0 Å². The zero-order valence-electron chi connectivity index (χ0n) is 17.1. The van der Waals surface area contributed by atoms with Crippen molar-refractivity contribution in [2.45, 2.75) is 116 Å². The molecule has 3 heteroatoms. The monoisotopic (exact) mass is 356 g/mol. The first-order valence-corrected chi connectivity index (χ1v) is 11.0. The number of hydrogen-bond acceptors (Lipinski definition) is 3. The molecule has 3 nitrogen and oxygen atoms in total. The quantitative estimate of drug-likeness (QED) is 0.174. The highest BCUT2D eigenvalue weighted by atomic mass is 16.5. The lowest BCUT2D eigenvalue weighted by Gasteiger charge is -2.11. The third-order valence-corrected chi connectivity index (χ3v) is 4.76. The van der Waals surface area contributed by atoms with Crippen molar-refractivity contribution in [2.24, 2.45) is 0 Å². The van der Waals surface area contributed by atoms with Crippen LogP contribution in [0, 0.1) is 0 Å². The minimum absolute atomic E-state index is 0.238. The van der Waals surface area contributed by atoms with E-state index in [9.17, 15) is 4.79 Å². The molecule has 0 heterocycles. The molecule has 1 unspecified atom stereocenters.